The monoisotopic (exact) mass is 294 g/mol. The van der Waals surface area contributed by atoms with Gasteiger partial charge in [0, 0.05) is 12.6 Å². The van der Waals surface area contributed by atoms with Crippen molar-refractivity contribution in [2.75, 3.05) is 13.1 Å². The van der Waals surface area contributed by atoms with E-state index in [2.05, 4.69) is 10.0 Å². The maximum atomic E-state index is 13.5. The van der Waals surface area contributed by atoms with E-state index in [9.17, 15) is 12.8 Å². The smallest absolute Gasteiger partial charge is 0.245 e. The van der Waals surface area contributed by atoms with Gasteiger partial charge in [-0.25, -0.2) is 17.5 Å². The van der Waals surface area contributed by atoms with Crippen molar-refractivity contribution in [2.24, 2.45) is 0 Å². The molecular formula is C11H16ClFN2O2S. The molecule has 102 valence electrons. The van der Waals surface area contributed by atoms with Crippen molar-refractivity contribution in [1.82, 2.24) is 10.0 Å². The first-order chi connectivity index (χ1) is 8.38. The molecule has 18 heavy (non-hydrogen) atoms. The number of benzene rings is 1. The van der Waals surface area contributed by atoms with Crippen LogP contribution >= 0.6 is 11.6 Å². The fourth-order valence-electron chi connectivity index (χ4n) is 1.47. The van der Waals surface area contributed by atoms with Crippen LogP contribution in [-0.2, 0) is 10.0 Å². The molecule has 1 rings (SSSR count). The molecule has 4 nitrogen and oxygen atoms in total. The quantitative estimate of drug-likeness (QED) is 0.840. The van der Waals surface area contributed by atoms with Gasteiger partial charge in [-0.1, -0.05) is 24.6 Å². The van der Waals surface area contributed by atoms with Gasteiger partial charge in [0.15, 0.2) is 0 Å². The molecule has 0 spiro atoms. The Kier molecular flexibility index (Phi) is 5.52. The second-order valence-corrected chi connectivity index (χ2v) is 5.97. The summed E-state index contributed by atoms with van der Waals surface area (Å²) in [6.45, 7) is 4.64. The highest BCUT2D eigenvalue weighted by molar-refractivity contribution is 7.89. The Bertz CT molecular complexity index is 488. The van der Waals surface area contributed by atoms with E-state index in [4.69, 9.17) is 11.6 Å². The van der Waals surface area contributed by atoms with Crippen LogP contribution in [0.5, 0.6) is 0 Å². The third-order valence-corrected chi connectivity index (χ3v) is 4.25. The number of nitrogens with one attached hydrogen (secondary N) is 2. The van der Waals surface area contributed by atoms with Gasteiger partial charge >= 0.3 is 0 Å². The molecule has 0 unspecified atom stereocenters. The van der Waals surface area contributed by atoms with Gasteiger partial charge in [-0.2, -0.15) is 0 Å². The molecule has 0 aliphatic carbocycles. The first kappa shape index (κ1) is 15.4. The first-order valence-electron chi connectivity index (χ1n) is 5.55. The summed E-state index contributed by atoms with van der Waals surface area (Å²) in [7, 11) is -3.93. The molecule has 1 atom stereocenters. The standard InChI is InChI=1S/C11H16ClFN2O2S/c1-3-14-8(2)7-15-18(16,17)11-9(12)5-4-6-10(11)13/h4-6,8,14-15H,3,7H2,1-2H3/t8-/m1/s1. The summed E-state index contributed by atoms with van der Waals surface area (Å²) in [5.74, 6) is -0.855. The minimum absolute atomic E-state index is 0.0460. The fourth-order valence-corrected chi connectivity index (χ4v) is 3.20. The van der Waals surface area contributed by atoms with Gasteiger partial charge < -0.3 is 5.32 Å². The van der Waals surface area contributed by atoms with Crippen LogP contribution in [0.25, 0.3) is 0 Å². The molecule has 0 fully saturated rings. The lowest BCUT2D eigenvalue weighted by Gasteiger charge is -2.14. The van der Waals surface area contributed by atoms with Crippen LogP contribution in [0.15, 0.2) is 23.1 Å². The van der Waals surface area contributed by atoms with Crippen molar-refractivity contribution in [3.05, 3.63) is 29.0 Å². The van der Waals surface area contributed by atoms with Crippen LogP contribution < -0.4 is 10.0 Å². The molecule has 2 N–H and O–H groups in total. The topological polar surface area (TPSA) is 58.2 Å². The van der Waals surface area contributed by atoms with E-state index in [0.29, 0.717) is 0 Å². The second kappa shape index (κ2) is 6.47. The average Bonchev–Trinajstić information content (AvgIpc) is 2.26. The number of likely N-dealkylation sites (N-methyl/N-ethyl adjacent to an activating group) is 1. The number of rotatable bonds is 6. The van der Waals surface area contributed by atoms with Gasteiger partial charge in [-0.15, -0.1) is 0 Å². The zero-order valence-corrected chi connectivity index (χ0v) is 11.8. The van der Waals surface area contributed by atoms with Crippen LogP contribution in [0.3, 0.4) is 0 Å². The van der Waals surface area contributed by atoms with Gasteiger partial charge in [0.1, 0.15) is 10.7 Å². The van der Waals surface area contributed by atoms with Crippen LogP contribution in [0.2, 0.25) is 5.02 Å². The minimum atomic E-state index is -3.93. The van der Waals surface area contributed by atoms with Crippen molar-refractivity contribution < 1.29 is 12.8 Å². The third-order valence-electron chi connectivity index (χ3n) is 2.32. The van der Waals surface area contributed by atoms with Crippen molar-refractivity contribution in [3.63, 3.8) is 0 Å². The summed E-state index contributed by atoms with van der Waals surface area (Å²) >= 11 is 5.72. The Balaban J connectivity index is 2.87. The molecule has 1 aromatic carbocycles. The first-order valence-corrected chi connectivity index (χ1v) is 7.41. The van der Waals surface area contributed by atoms with Gasteiger partial charge in [-0.3, -0.25) is 0 Å². The van der Waals surface area contributed by atoms with E-state index in [0.717, 1.165) is 12.6 Å². The molecular weight excluding hydrogens is 279 g/mol. The zero-order valence-electron chi connectivity index (χ0n) is 10.2. The van der Waals surface area contributed by atoms with Gasteiger partial charge in [0.05, 0.1) is 5.02 Å². The SMILES string of the molecule is CCN[C@H](C)CNS(=O)(=O)c1c(F)cccc1Cl. The molecule has 1 aromatic rings. The van der Waals surface area contributed by atoms with Crippen LogP contribution in [-0.4, -0.2) is 27.5 Å². The molecule has 0 aliphatic heterocycles. The van der Waals surface area contributed by atoms with E-state index < -0.39 is 20.7 Å². The molecule has 0 aromatic heterocycles. The lowest BCUT2D eigenvalue weighted by Crippen LogP contribution is -2.39. The maximum absolute atomic E-state index is 13.5. The summed E-state index contributed by atoms with van der Waals surface area (Å²) < 4.78 is 39.7. The molecule has 0 saturated carbocycles. The summed E-state index contributed by atoms with van der Waals surface area (Å²) in [5.41, 5.74) is 0. The summed E-state index contributed by atoms with van der Waals surface area (Å²) in [6, 6.07) is 3.72. The lowest BCUT2D eigenvalue weighted by atomic mass is 10.3. The van der Waals surface area contributed by atoms with Gasteiger partial charge in [0.2, 0.25) is 10.0 Å². The average molecular weight is 295 g/mol. The number of halogens is 2. The third kappa shape index (κ3) is 3.91. The van der Waals surface area contributed by atoms with Crippen molar-refractivity contribution in [1.29, 1.82) is 0 Å². The summed E-state index contributed by atoms with van der Waals surface area (Å²) in [5, 5.41) is 2.92. The fraction of sp³-hybridized carbons (Fsp3) is 0.455. The van der Waals surface area contributed by atoms with Gasteiger partial charge in [-0.05, 0) is 25.6 Å². The van der Waals surface area contributed by atoms with Crippen molar-refractivity contribution in [2.45, 2.75) is 24.8 Å². The Labute approximate surface area is 112 Å². The van der Waals surface area contributed by atoms with E-state index in [1.54, 1.807) is 0 Å². The molecule has 0 saturated heterocycles. The van der Waals surface area contributed by atoms with Crippen molar-refractivity contribution >= 4 is 21.6 Å². The van der Waals surface area contributed by atoms with Crippen LogP contribution in [0.4, 0.5) is 4.39 Å². The molecule has 0 bridgehead atoms. The van der Waals surface area contributed by atoms with E-state index in [1.165, 1.54) is 12.1 Å². The summed E-state index contributed by atoms with van der Waals surface area (Å²) in [4.78, 5) is -0.504. The summed E-state index contributed by atoms with van der Waals surface area (Å²) in [6.07, 6.45) is 0. The largest absolute Gasteiger partial charge is 0.313 e. The molecule has 7 heteroatoms. The van der Waals surface area contributed by atoms with Crippen LogP contribution in [0.1, 0.15) is 13.8 Å². The minimum Gasteiger partial charge on any atom is -0.313 e. The highest BCUT2D eigenvalue weighted by Gasteiger charge is 2.22. The highest BCUT2D eigenvalue weighted by Crippen LogP contribution is 2.23. The maximum Gasteiger partial charge on any atom is 0.245 e. The predicted molar refractivity (Wildman–Crippen MR) is 69.7 cm³/mol. The normalized spacial score (nSPS) is 13.6. The Hall–Kier alpha value is -0.690. The number of sulfonamides is 1. The van der Waals surface area contributed by atoms with Crippen molar-refractivity contribution in [3.8, 4) is 0 Å². The zero-order chi connectivity index (χ0) is 13.8. The van der Waals surface area contributed by atoms with Gasteiger partial charge in [0.25, 0.3) is 0 Å². The predicted octanol–water partition coefficient (Wildman–Crippen LogP) is 1.76. The van der Waals surface area contributed by atoms with E-state index >= 15 is 0 Å². The Morgan fingerprint density at radius 2 is 2.11 bits per heavy atom. The van der Waals surface area contributed by atoms with E-state index in [-0.39, 0.29) is 17.6 Å². The number of hydrogen-bond acceptors (Lipinski definition) is 3. The number of hydrogen-bond donors (Lipinski definition) is 2. The highest BCUT2D eigenvalue weighted by atomic mass is 35.5. The Morgan fingerprint density at radius 3 is 2.67 bits per heavy atom. The molecule has 0 radical (unpaired) electrons. The molecule has 0 heterocycles. The van der Waals surface area contributed by atoms with Crippen LogP contribution in [0, 0.1) is 5.82 Å². The Morgan fingerprint density at radius 1 is 1.44 bits per heavy atom. The molecule has 0 amide bonds. The lowest BCUT2D eigenvalue weighted by molar-refractivity contribution is 0.528. The second-order valence-electron chi connectivity index (χ2n) is 3.86. The van der Waals surface area contributed by atoms with E-state index in [1.807, 2.05) is 13.8 Å². The molecule has 0 aliphatic rings.